The van der Waals surface area contributed by atoms with Gasteiger partial charge in [0.25, 0.3) is 0 Å². The standard InChI is InChI=1S/C28H29N3O3S/c1-18(2)20-8-6-19(7-9-20)17-30-23-12-10-21(11-13-23)28-31(27(34)25(35-28)14-15-32)24-5-3-4-22(16-24)26(29)33/h3-13,15-16,18,25,28,30H,14,17H2,1-2H3,(H2,29,33). The van der Waals surface area contributed by atoms with Crippen molar-refractivity contribution in [3.63, 3.8) is 0 Å². The molecule has 2 unspecified atom stereocenters. The molecule has 0 radical (unpaired) electrons. The third-order valence-electron chi connectivity index (χ3n) is 6.10. The molecular formula is C28H29N3O3S. The second-order valence-corrected chi connectivity index (χ2v) is 10.2. The van der Waals surface area contributed by atoms with Crippen molar-refractivity contribution in [2.24, 2.45) is 5.73 Å². The molecule has 2 amide bonds. The van der Waals surface area contributed by atoms with E-state index in [-0.39, 0.29) is 17.7 Å². The van der Waals surface area contributed by atoms with Crippen LogP contribution in [0.15, 0.2) is 72.8 Å². The Balaban J connectivity index is 1.52. The van der Waals surface area contributed by atoms with Gasteiger partial charge in [0.15, 0.2) is 0 Å². The first-order valence-electron chi connectivity index (χ1n) is 11.6. The molecular weight excluding hydrogens is 458 g/mol. The van der Waals surface area contributed by atoms with E-state index in [9.17, 15) is 14.4 Å². The van der Waals surface area contributed by atoms with Gasteiger partial charge in [0.05, 0.1) is 5.25 Å². The topological polar surface area (TPSA) is 92.5 Å². The predicted molar refractivity (Wildman–Crippen MR) is 142 cm³/mol. The molecule has 0 bridgehead atoms. The minimum absolute atomic E-state index is 0.140. The van der Waals surface area contributed by atoms with E-state index in [4.69, 9.17) is 5.73 Å². The second-order valence-electron chi connectivity index (χ2n) is 8.87. The fraction of sp³-hybridized carbons (Fsp3) is 0.250. The first kappa shape index (κ1) is 24.5. The zero-order valence-electron chi connectivity index (χ0n) is 19.8. The summed E-state index contributed by atoms with van der Waals surface area (Å²) in [5.74, 6) is -0.198. The number of carbonyl (C=O) groups is 3. The Labute approximate surface area is 209 Å². The molecule has 4 rings (SSSR count). The van der Waals surface area contributed by atoms with E-state index in [0.29, 0.717) is 23.7 Å². The minimum Gasteiger partial charge on any atom is -0.381 e. The third-order valence-corrected chi connectivity index (χ3v) is 7.56. The summed E-state index contributed by atoms with van der Waals surface area (Å²) in [7, 11) is 0. The summed E-state index contributed by atoms with van der Waals surface area (Å²) < 4.78 is 0. The van der Waals surface area contributed by atoms with Crippen LogP contribution in [0.1, 0.15) is 58.6 Å². The van der Waals surface area contributed by atoms with E-state index < -0.39 is 11.2 Å². The number of hydrogen-bond acceptors (Lipinski definition) is 5. The maximum atomic E-state index is 13.2. The van der Waals surface area contributed by atoms with Crippen LogP contribution in [0.5, 0.6) is 0 Å². The van der Waals surface area contributed by atoms with Crippen molar-refractivity contribution in [3.05, 3.63) is 95.1 Å². The molecule has 0 aromatic heterocycles. The van der Waals surface area contributed by atoms with Crippen molar-refractivity contribution in [2.75, 3.05) is 10.2 Å². The smallest absolute Gasteiger partial charge is 0.248 e. The summed E-state index contributed by atoms with van der Waals surface area (Å²) >= 11 is 1.44. The number of carbonyl (C=O) groups excluding carboxylic acids is 3. The van der Waals surface area contributed by atoms with Gasteiger partial charge in [-0.25, -0.2) is 0 Å². The quantitative estimate of drug-likeness (QED) is 0.402. The van der Waals surface area contributed by atoms with Gasteiger partial charge >= 0.3 is 0 Å². The molecule has 1 fully saturated rings. The van der Waals surface area contributed by atoms with Crippen LogP contribution in [0.3, 0.4) is 0 Å². The summed E-state index contributed by atoms with van der Waals surface area (Å²) in [5, 5.41) is 2.66. The molecule has 1 aliphatic rings. The van der Waals surface area contributed by atoms with Crippen LogP contribution in [0.25, 0.3) is 0 Å². The molecule has 6 nitrogen and oxygen atoms in total. The van der Waals surface area contributed by atoms with Gasteiger partial charge in [-0.1, -0.05) is 56.3 Å². The number of benzene rings is 3. The molecule has 180 valence electrons. The van der Waals surface area contributed by atoms with E-state index in [1.807, 2.05) is 24.3 Å². The van der Waals surface area contributed by atoms with Gasteiger partial charge in [-0.15, -0.1) is 11.8 Å². The molecule has 1 saturated heterocycles. The monoisotopic (exact) mass is 487 g/mol. The number of anilines is 2. The Hall–Kier alpha value is -3.58. The van der Waals surface area contributed by atoms with Crippen molar-refractivity contribution in [3.8, 4) is 0 Å². The molecule has 3 N–H and O–H groups in total. The Morgan fingerprint density at radius 2 is 1.80 bits per heavy atom. The van der Waals surface area contributed by atoms with Gasteiger partial charge in [0.1, 0.15) is 11.7 Å². The highest BCUT2D eigenvalue weighted by molar-refractivity contribution is 8.01. The van der Waals surface area contributed by atoms with Crippen LogP contribution in [0.2, 0.25) is 0 Å². The van der Waals surface area contributed by atoms with Crippen LogP contribution in [-0.4, -0.2) is 23.4 Å². The molecule has 0 saturated carbocycles. The maximum absolute atomic E-state index is 13.2. The molecule has 35 heavy (non-hydrogen) atoms. The minimum atomic E-state index is -0.554. The highest BCUT2D eigenvalue weighted by atomic mass is 32.2. The molecule has 3 aromatic carbocycles. The zero-order chi connectivity index (χ0) is 24.9. The van der Waals surface area contributed by atoms with Crippen LogP contribution in [0.4, 0.5) is 11.4 Å². The summed E-state index contributed by atoms with van der Waals surface area (Å²) in [5.41, 5.74) is 10.8. The van der Waals surface area contributed by atoms with Gasteiger partial charge in [-0.2, -0.15) is 0 Å². The second kappa shape index (κ2) is 10.8. The Kier molecular flexibility index (Phi) is 7.56. The van der Waals surface area contributed by atoms with Gasteiger partial charge in [0, 0.05) is 29.9 Å². The van der Waals surface area contributed by atoms with Crippen molar-refractivity contribution in [1.82, 2.24) is 0 Å². The molecule has 0 spiro atoms. The van der Waals surface area contributed by atoms with E-state index in [0.717, 1.165) is 17.5 Å². The molecule has 1 aliphatic heterocycles. The van der Waals surface area contributed by atoms with Crippen molar-refractivity contribution < 1.29 is 14.4 Å². The highest BCUT2D eigenvalue weighted by Gasteiger charge is 2.41. The van der Waals surface area contributed by atoms with Crippen LogP contribution in [0, 0.1) is 0 Å². The van der Waals surface area contributed by atoms with Crippen molar-refractivity contribution in [2.45, 2.75) is 43.4 Å². The van der Waals surface area contributed by atoms with Gasteiger partial charge in [-0.3, -0.25) is 14.5 Å². The lowest BCUT2D eigenvalue weighted by Crippen LogP contribution is -2.31. The average molecular weight is 488 g/mol. The van der Waals surface area contributed by atoms with E-state index >= 15 is 0 Å². The lowest BCUT2D eigenvalue weighted by Gasteiger charge is -2.25. The number of nitrogens with one attached hydrogen (secondary N) is 1. The molecule has 1 heterocycles. The fourth-order valence-corrected chi connectivity index (χ4v) is 5.47. The van der Waals surface area contributed by atoms with Crippen molar-refractivity contribution in [1.29, 1.82) is 0 Å². The number of amides is 2. The number of rotatable bonds is 9. The molecule has 3 aromatic rings. The fourth-order valence-electron chi connectivity index (χ4n) is 4.08. The lowest BCUT2D eigenvalue weighted by atomic mass is 10.0. The lowest BCUT2D eigenvalue weighted by molar-refractivity contribution is -0.119. The highest BCUT2D eigenvalue weighted by Crippen LogP contribution is 2.46. The van der Waals surface area contributed by atoms with Gasteiger partial charge in [0.2, 0.25) is 11.8 Å². The molecule has 0 aliphatic carbocycles. The predicted octanol–water partition coefficient (Wildman–Crippen LogP) is 5.26. The first-order chi connectivity index (χ1) is 16.9. The number of nitrogens with two attached hydrogens (primary N) is 1. The molecule has 7 heteroatoms. The van der Waals surface area contributed by atoms with E-state index in [2.05, 4.69) is 43.4 Å². The summed E-state index contributed by atoms with van der Waals surface area (Å²) in [6, 6.07) is 23.3. The van der Waals surface area contributed by atoms with Gasteiger partial charge in [-0.05, 0) is 52.9 Å². The molecule has 2 atom stereocenters. The third kappa shape index (κ3) is 5.57. The maximum Gasteiger partial charge on any atom is 0.248 e. The van der Waals surface area contributed by atoms with Crippen LogP contribution < -0.4 is 16.0 Å². The van der Waals surface area contributed by atoms with Crippen LogP contribution >= 0.6 is 11.8 Å². The first-order valence-corrected chi connectivity index (χ1v) is 12.6. The average Bonchev–Trinajstić information content (AvgIpc) is 3.19. The number of hydrogen-bond donors (Lipinski definition) is 2. The Bertz CT molecular complexity index is 1210. The van der Waals surface area contributed by atoms with Crippen molar-refractivity contribution >= 4 is 41.2 Å². The number of aldehydes is 1. The van der Waals surface area contributed by atoms with Crippen LogP contribution in [-0.2, 0) is 16.1 Å². The van der Waals surface area contributed by atoms with E-state index in [1.165, 1.54) is 22.9 Å². The Morgan fingerprint density at radius 3 is 2.43 bits per heavy atom. The SMILES string of the molecule is CC(C)c1ccc(CNc2ccc(C3SC(CC=O)C(=O)N3c3cccc(C(N)=O)c3)cc2)cc1. The number of thioether (sulfide) groups is 1. The van der Waals surface area contributed by atoms with E-state index in [1.54, 1.807) is 29.2 Å². The van der Waals surface area contributed by atoms with Gasteiger partial charge < -0.3 is 15.8 Å². The summed E-state index contributed by atoms with van der Waals surface area (Å²) in [6.45, 7) is 5.07. The zero-order valence-corrected chi connectivity index (χ0v) is 20.6. The largest absolute Gasteiger partial charge is 0.381 e. The number of primary amides is 1. The number of nitrogens with zero attached hydrogens (tertiary/aromatic N) is 1. The summed E-state index contributed by atoms with van der Waals surface area (Å²) in [6.07, 6.45) is 0.915. The normalized spacial score (nSPS) is 17.6. The summed E-state index contributed by atoms with van der Waals surface area (Å²) in [4.78, 5) is 37.7. The Morgan fingerprint density at radius 1 is 1.09 bits per heavy atom.